The molecule has 1 aliphatic heterocycles. The zero-order chi connectivity index (χ0) is 15.0. The van der Waals surface area contributed by atoms with E-state index < -0.39 is 16.5 Å². The molecule has 1 heterocycles. The minimum absolute atomic E-state index is 0.0514. The average molecular weight is 312 g/mol. The lowest BCUT2D eigenvalue weighted by Crippen LogP contribution is -2.30. The Morgan fingerprint density at radius 3 is 2.70 bits per heavy atom. The van der Waals surface area contributed by atoms with Crippen LogP contribution in [0.15, 0.2) is 12.7 Å². The van der Waals surface area contributed by atoms with Gasteiger partial charge in [0.15, 0.2) is 6.29 Å². The van der Waals surface area contributed by atoms with E-state index in [4.69, 9.17) is 23.5 Å². The summed E-state index contributed by atoms with van der Waals surface area (Å²) in [4.78, 5) is 0. The van der Waals surface area contributed by atoms with Gasteiger partial charge in [-0.2, -0.15) is 8.42 Å². The maximum atomic E-state index is 10.7. The Balaban J connectivity index is 2.29. The number of rotatable bonds is 10. The van der Waals surface area contributed by atoms with Crippen molar-refractivity contribution in [2.75, 3.05) is 33.0 Å². The van der Waals surface area contributed by atoms with E-state index in [0.29, 0.717) is 6.61 Å². The lowest BCUT2D eigenvalue weighted by Gasteiger charge is -2.16. The van der Waals surface area contributed by atoms with Crippen molar-refractivity contribution in [1.29, 1.82) is 0 Å². The van der Waals surface area contributed by atoms with Gasteiger partial charge in [0.25, 0.3) is 0 Å². The number of hydrogen-bond donors (Lipinski definition) is 1. The summed E-state index contributed by atoms with van der Waals surface area (Å²) in [6.45, 7) is 6.00. The van der Waals surface area contributed by atoms with Crippen LogP contribution in [-0.2, 0) is 33.5 Å². The van der Waals surface area contributed by atoms with Crippen LogP contribution in [0.1, 0.15) is 6.92 Å². The predicted molar refractivity (Wildman–Crippen MR) is 68.5 cm³/mol. The Morgan fingerprint density at radius 1 is 1.45 bits per heavy atom. The van der Waals surface area contributed by atoms with E-state index in [9.17, 15) is 8.42 Å². The Labute approximate surface area is 118 Å². The SMILES string of the molecule is C=CCOCC(COCC1COC(C)O1)OS(=O)(=O)O. The van der Waals surface area contributed by atoms with Crippen molar-refractivity contribution in [3.8, 4) is 0 Å². The molecule has 20 heavy (non-hydrogen) atoms. The van der Waals surface area contributed by atoms with Crippen molar-refractivity contribution in [3.63, 3.8) is 0 Å². The van der Waals surface area contributed by atoms with Crippen LogP contribution in [0, 0.1) is 0 Å². The van der Waals surface area contributed by atoms with Gasteiger partial charge in [0, 0.05) is 0 Å². The van der Waals surface area contributed by atoms with Gasteiger partial charge >= 0.3 is 10.4 Å². The van der Waals surface area contributed by atoms with Crippen LogP contribution in [0.2, 0.25) is 0 Å². The van der Waals surface area contributed by atoms with Gasteiger partial charge in [-0.25, -0.2) is 4.18 Å². The van der Waals surface area contributed by atoms with Crippen LogP contribution in [0.5, 0.6) is 0 Å². The number of ether oxygens (including phenoxy) is 4. The van der Waals surface area contributed by atoms with Gasteiger partial charge < -0.3 is 18.9 Å². The lowest BCUT2D eigenvalue weighted by molar-refractivity contribution is -0.0678. The van der Waals surface area contributed by atoms with Gasteiger partial charge in [0.2, 0.25) is 0 Å². The molecule has 8 nitrogen and oxygen atoms in total. The fourth-order valence-corrected chi connectivity index (χ4v) is 2.02. The van der Waals surface area contributed by atoms with Gasteiger partial charge in [-0.3, -0.25) is 4.55 Å². The summed E-state index contributed by atoms with van der Waals surface area (Å²) in [7, 11) is -4.56. The molecule has 1 aliphatic rings. The molecule has 0 spiro atoms. The van der Waals surface area contributed by atoms with Crippen LogP contribution in [0.25, 0.3) is 0 Å². The lowest BCUT2D eigenvalue weighted by atomic mass is 10.4. The zero-order valence-electron chi connectivity index (χ0n) is 11.3. The molecule has 0 aromatic rings. The summed E-state index contributed by atoms with van der Waals surface area (Å²) in [6, 6.07) is 0. The molecule has 1 saturated heterocycles. The monoisotopic (exact) mass is 312 g/mol. The van der Waals surface area contributed by atoms with Crippen molar-refractivity contribution in [3.05, 3.63) is 12.7 Å². The Hall–Kier alpha value is -0.550. The normalized spacial score (nSPS) is 24.7. The van der Waals surface area contributed by atoms with Crippen LogP contribution in [-0.4, -0.2) is 64.5 Å². The summed E-state index contributed by atoms with van der Waals surface area (Å²) >= 11 is 0. The van der Waals surface area contributed by atoms with E-state index >= 15 is 0 Å². The molecule has 0 radical (unpaired) electrons. The highest BCUT2D eigenvalue weighted by Crippen LogP contribution is 2.11. The van der Waals surface area contributed by atoms with Crippen LogP contribution < -0.4 is 0 Å². The fourth-order valence-electron chi connectivity index (χ4n) is 1.57. The summed E-state index contributed by atoms with van der Waals surface area (Å²) < 4.78 is 55.4. The van der Waals surface area contributed by atoms with Crippen LogP contribution in [0.4, 0.5) is 0 Å². The first-order valence-corrected chi connectivity index (χ1v) is 7.46. The smallest absolute Gasteiger partial charge is 0.376 e. The topological polar surface area (TPSA) is 101 Å². The van der Waals surface area contributed by atoms with E-state index in [1.165, 1.54) is 6.08 Å². The van der Waals surface area contributed by atoms with Gasteiger partial charge in [-0.1, -0.05) is 6.08 Å². The largest absolute Gasteiger partial charge is 0.397 e. The Kier molecular flexibility index (Phi) is 7.59. The van der Waals surface area contributed by atoms with E-state index in [1.807, 2.05) is 0 Å². The third kappa shape index (κ3) is 7.90. The molecule has 3 unspecified atom stereocenters. The molecule has 118 valence electrons. The second-order valence-corrected chi connectivity index (χ2v) is 5.22. The van der Waals surface area contributed by atoms with Gasteiger partial charge in [-0.15, -0.1) is 6.58 Å². The maximum absolute atomic E-state index is 10.7. The number of hydrogen-bond acceptors (Lipinski definition) is 7. The molecular weight excluding hydrogens is 292 g/mol. The summed E-state index contributed by atoms with van der Waals surface area (Å²) in [5.74, 6) is 0. The first-order valence-electron chi connectivity index (χ1n) is 6.10. The molecule has 1 rings (SSSR count). The molecule has 0 saturated carbocycles. The van der Waals surface area contributed by atoms with E-state index in [2.05, 4.69) is 10.8 Å². The molecule has 3 atom stereocenters. The average Bonchev–Trinajstić information content (AvgIpc) is 2.73. The van der Waals surface area contributed by atoms with Crippen LogP contribution in [0.3, 0.4) is 0 Å². The standard InChI is InChI=1S/C11H20O8S/c1-3-4-15-6-11(19-20(12,13)14)7-16-5-10-8-17-9(2)18-10/h3,9-11H,1,4-8H2,2H3,(H,12,13,14). The minimum Gasteiger partial charge on any atom is -0.376 e. The highest BCUT2D eigenvalue weighted by molar-refractivity contribution is 7.80. The van der Waals surface area contributed by atoms with Gasteiger partial charge in [0.05, 0.1) is 33.0 Å². The molecule has 0 aromatic heterocycles. The Bertz CT molecular complexity index is 382. The summed E-state index contributed by atoms with van der Waals surface area (Å²) in [5, 5.41) is 0. The third-order valence-corrected chi connectivity index (χ3v) is 2.82. The highest BCUT2D eigenvalue weighted by atomic mass is 32.3. The fraction of sp³-hybridized carbons (Fsp3) is 0.818. The van der Waals surface area contributed by atoms with E-state index in [-0.39, 0.29) is 38.8 Å². The van der Waals surface area contributed by atoms with Crippen LogP contribution >= 0.6 is 0 Å². The van der Waals surface area contributed by atoms with E-state index in [0.717, 1.165) is 0 Å². The molecule has 0 bridgehead atoms. The molecule has 0 amide bonds. The Morgan fingerprint density at radius 2 is 2.15 bits per heavy atom. The summed E-state index contributed by atoms with van der Waals surface area (Å²) in [5.41, 5.74) is 0. The van der Waals surface area contributed by atoms with Crippen molar-refractivity contribution >= 4 is 10.4 Å². The molecule has 9 heteroatoms. The zero-order valence-corrected chi connectivity index (χ0v) is 12.1. The van der Waals surface area contributed by atoms with E-state index in [1.54, 1.807) is 6.92 Å². The minimum atomic E-state index is -4.56. The molecule has 0 aromatic carbocycles. The van der Waals surface area contributed by atoms with Crippen molar-refractivity contribution in [2.24, 2.45) is 0 Å². The second-order valence-electron chi connectivity index (χ2n) is 4.17. The summed E-state index contributed by atoms with van der Waals surface area (Å²) in [6.07, 6.45) is 0.0933. The molecular formula is C11H20O8S. The third-order valence-electron chi connectivity index (χ3n) is 2.31. The predicted octanol–water partition coefficient (Wildman–Crippen LogP) is 0.155. The maximum Gasteiger partial charge on any atom is 0.397 e. The van der Waals surface area contributed by atoms with Crippen molar-refractivity contribution in [2.45, 2.75) is 25.4 Å². The molecule has 1 N–H and O–H groups in total. The first-order chi connectivity index (χ1) is 9.40. The highest BCUT2D eigenvalue weighted by Gasteiger charge is 2.24. The van der Waals surface area contributed by atoms with Crippen molar-refractivity contribution in [1.82, 2.24) is 0 Å². The first kappa shape index (κ1) is 17.5. The second kappa shape index (κ2) is 8.67. The van der Waals surface area contributed by atoms with Crippen molar-refractivity contribution < 1.29 is 36.1 Å². The molecule has 1 fully saturated rings. The quantitative estimate of drug-likeness (QED) is 0.346. The van der Waals surface area contributed by atoms with Gasteiger partial charge in [0.1, 0.15) is 12.2 Å². The van der Waals surface area contributed by atoms with Gasteiger partial charge in [-0.05, 0) is 6.92 Å². The molecule has 0 aliphatic carbocycles.